The molecule has 0 saturated carbocycles. The molecule has 0 radical (unpaired) electrons. The number of aliphatic carboxylic acids is 1. The first kappa shape index (κ1) is 34.1. The molecule has 0 aliphatic carbocycles. The van der Waals surface area contributed by atoms with E-state index in [0.717, 1.165) is 16.7 Å². The topological polar surface area (TPSA) is 127 Å². The summed E-state index contributed by atoms with van der Waals surface area (Å²) in [5.41, 5.74) is 1.09. The van der Waals surface area contributed by atoms with Gasteiger partial charge >= 0.3 is 17.9 Å². The Labute approximate surface area is 273 Å². The van der Waals surface area contributed by atoms with Crippen LogP contribution in [0.2, 0.25) is 0 Å². The van der Waals surface area contributed by atoms with Gasteiger partial charge in [0, 0.05) is 38.0 Å². The third-order valence-corrected chi connectivity index (χ3v) is 6.82. The Bertz CT molecular complexity index is 1300. The molecule has 43 heavy (non-hydrogen) atoms. The summed E-state index contributed by atoms with van der Waals surface area (Å²) >= 11 is 0. The molecule has 3 unspecified atom stereocenters. The summed E-state index contributed by atoms with van der Waals surface area (Å²) in [6.45, 7) is 2.42. The minimum absolute atomic E-state index is 0. The summed E-state index contributed by atoms with van der Waals surface area (Å²) in [4.78, 5) is 35.1. The zero-order valence-corrected chi connectivity index (χ0v) is 28.2. The molecule has 1 fully saturated rings. The molecular weight excluding hydrogens is 782 g/mol. The van der Waals surface area contributed by atoms with Gasteiger partial charge < -0.3 is 33.5 Å². The maximum atomic E-state index is 12.2. The first-order chi connectivity index (χ1) is 20.3. The van der Waals surface area contributed by atoms with E-state index in [1.165, 1.54) is 13.5 Å². The second-order valence-electron chi connectivity index (χ2n) is 9.55. The molecule has 3 aromatic rings. The van der Waals surface area contributed by atoms with Gasteiger partial charge in [-0.15, -0.1) is 0 Å². The molecule has 0 aromatic heterocycles. The van der Waals surface area contributed by atoms with Crippen LogP contribution in [0.4, 0.5) is 0 Å². The number of carbonyl (C=O) groups excluding carboxylic acids is 2. The Morgan fingerprint density at radius 1 is 0.837 bits per heavy atom. The number of carbonyl (C=O) groups is 3. The molecule has 3 atom stereocenters. The Morgan fingerprint density at radius 3 is 1.86 bits per heavy atom. The molecule has 0 bridgehead atoms. The summed E-state index contributed by atoms with van der Waals surface area (Å²) < 4.78 is 34.5. The summed E-state index contributed by atoms with van der Waals surface area (Å²) in [5, 5.41) is 8.84. The number of carboxylic acid groups (broad SMARTS) is 1. The maximum Gasteiger partial charge on any atom is 0.306 e. The van der Waals surface area contributed by atoms with Crippen LogP contribution in [0.1, 0.15) is 36.5 Å². The fourth-order valence-corrected chi connectivity index (χ4v) is 4.80. The van der Waals surface area contributed by atoms with Crippen LogP contribution in [0.25, 0.3) is 0 Å². The molecule has 4 rings (SSSR count). The molecule has 226 valence electrons. The second kappa shape index (κ2) is 15.9. The van der Waals surface area contributed by atoms with Crippen LogP contribution < -0.4 is 9.47 Å². The van der Waals surface area contributed by atoms with E-state index >= 15 is 0 Å². The van der Waals surface area contributed by atoms with Gasteiger partial charge in [-0.05, 0) is 47.1 Å². The molecule has 1 heterocycles. The SMILES string of the molecule is COc1ccc(C(OC2[CH-]OC(COC(=O)CCC(=O)O)C2OC(C)=O)(c2ccccc2)c2ccc(OC)cc2)cc1.[U]. The Hall–Kier alpha value is -3.36. The van der Waals surface area contributed by atoms with E-state index in [2.05, 4.69) is 0 Å². The number of hydrogen-bond donors (Lipinski definition) is 1. The number of carboxylic acids is 1. The molecule has 0 spiro atoms. The van der Waals surface area contributed by atoms with Crippen molar-refractivity contribution in [1.82, 2.24) is 0 Å². The average Bonchev–Trinajstić information content (AvgIpc) is 3.38. The smallest absolute Gasteiger partial charge is 0.306 e. The molecule has 3 aromatic carbocycles. The minimum atomic E-state index is -1.23. The second-order valence-corrected chi connectivity index (χ2v) is 9.55. The predicted molar refractivity (Wildman–Crippen MR) is 150 cm³/mol. The molecular formula is C32H33O10U-. The zero-order chi connectivity index (χ0) is 30.1. The first-order valence-electron chi connectivity index (χ1n) is 13.3. The standard InChI is InChI=1S/C32H33O10.U/c1-21(33)41-31-27(19-40-30(36)18-17-29(34)35)39-20-28(31)42-32(22-7-5-4-6-8-22,23-9-13-25(37-2)14-10-23)24-11-15-26(38-3)16-12-24;/h4-16,20,27-28,31H,17-19H2,1-3H3,(H,34,35);/q-1;. The van der Waals surface area contributed by atoms with Gasteiger partial charge in [0.05, 0.1) is 33.2 Å². The third kappa shape index (κ3) is 8.39. The molecule has 11 heteroatoms. The number of esters is 2. The number of rotatable bonds is 13. The molecule has 0 amide bonds. The summed E-state index contributed by atoms with van der Waals surface area (Å²) in [5.74, 6) is -1.07. The minimum Gasteiger partial charge on any atom is -0.542 e. The number of ether oxygens (including phenoxy) is 6. The van der Waals surface area contributed by atoms with E-state index in [0.29, 0.717) is 11.5 Å². The van der Waals surface area contributed by atoms with Gasteiger partial charge in [0.2, 0.25) is 0 Å². The van der Waals surface area contributed by atoms with Crippen molar-refractivity contribution in [2.24, 2.45) is 0 Å². The van der Waals surface area contributed by atoms with Gasteiger partial charge in [0.15, 0.2) is 0 Å². The molecule has 1 aliphatic heterocycles. The number of methoxy groups -OCH3 is 2. The van der Waals surface area contributed by atoms with Crippen LogP contribution in [0.3, 0.4) is 0 Å². The monoisotopic (exact) mass is 815 g/mol. The molecule has 1 saturated heterocycles. The van der Waals surface area contributed by atoms with E-state index in [4.69, 9.17) is 33.5 Å². The average molecular weight is 816 g/mol. The van der Waals surface area contributed by atoms with Crippen LogP contribution in [0.5, 0.6) is 11.5 Å². The maximum absolute atomic E-state index is 12.2. The van der Waals surface area contributed by atoms with Crippen molar-refractivity contribution in [1.29, 1.82) is 0 Å². The van der Waals surface area contributed by atoms with Gasteiger partial charge in [0.1, 0.15) is 29.8 Å². The fraction of sp³-hybridized carbons (Fsp3) is 0.312. The van der Waals surface area contributed by atoms with Crippen LogP contribution in [-0.4, -0.2) is 62.2 Å². The van der Waals surface area contributed by atoms with E-state index in [-0.39, 0.29) is 50.6 Å². The van der Waals surface area contributed by atoms with E-state index in [1.54, 1.807) is 14.2 Å². The van der Waals surface area contributed by atoms with Crippen LogP contribution >= 0.6 is 0 Å². The predicted octanol–water partition coefficient (Wildman–Crippen LogP) is 4.28. The Morgan fingerprint density at radius 2 is 1.37 bits per heavy atom. The largest absolute Gasteiger partial charge is 0.542 e. The van der Waals surface area contributed by atoms with Crippen LogP contribution in [0, 0.1) is 37.7 Å². The first-order valence-corrected chi connectivity index (χ1v) is 13.3. The van der Waals surface area contributed by atoms with Crippen LogP contribution in [0.15, 0.2) is 78.9 Å². The number of hydrogen-bond acceptors (Lipinski definition) is 9. The summed E-state index contributed by atoms with van der Waals surface area (Å²) in [6, 6.07) is 24.5. The van der Waals surface area contributed by atoms with Crippen molar-refractivity contribution in [3.63, 3.8) is 0 Å². The third-order valence-electron chi connectivity index (χ3n) is 6.82. The normalized spacial score (nSPS) is 17.8. The van der Waals surface area contributed by atoms with Gasteiger partial charge in [-0.25, -0.2) is 0 Å². The van der Waals surface area contributed by atoms with Crippen molar-refractivity contribution in [2.75, 3.05) is 20.8 Å². The quantitative estimate of drug-likeness (QED) is 0.152. The zero-order valence-electron chi connectivity index (χ0n) is 24.1. The molecule has 1 aliphatic rings. The summed E-state index contributed by atoms with van der Waals surface area (Å²) in [7, 11) is 3.17. The fourth-order valence-electron chi connectivity index (χ4n) is 4.80. The number of benzene rings is 3. The molecule has 1 N–H and O–H groups in total. The van der Waals surface area contributed by atoms with Gasteiger partial charge in [-0.3, -0.25) is 14.4 Å². The summed E-state index contributed by atoms with van der Waals surface area (Å²) in [6.07, 6.45) is -3.42. The van der Waals surface area contributed by atoms with E-state index in [1.807, 2.05) is 78.9 Å². The van der Waals surface area contributed by atoms with Gasteiger partial charge in [-0.2, -0.15) is 6.61 Å². The van der Waals surface area contributed by atoms with Crippen molar-refractivity contribution >= 4 is 17.9 Å². The van der Waals surface area contributed by atoms with Crippen molar-refractivity contribution in [3.8, 4) is 11.5 Å². The van der Waals surface area contributed by atoms with Gasteiger partial charge in [-0.1, -0.05) is 54.6 Å². The van der Waals surface area contributed by atoms with Crippen LogP contribution in [-0.2, 0) is 38.9 Å². The molecule has 10 nitrogen and oxygen atoms in total. The Balaban J connectivity index is 0.00000506. The van der Waals surface area contributed by atoms with Crippen molar-refractivity contribution in [3.05, 3.63) is 102 Å². The Kier molecular flexibility index (Phi) is 12.6. The van der Waals surface area contributed by atoms with Crippen molar-refractivity contribution in [2.45, 2.75) is 43.7 Å². The van der Waals surface area contributed by atoms with Crippen molar-refractivity contribution < 1.29 is 79.0 Å². The van der Waals surface area contributed by atoms with Gasteiger partial charge in [0.25, 0.3) is 0 Å². The van der Waals surface area contributed by atoms with E-state index < -0.39 is 41.8 Å². The van der Waals surface area contributed by atoms with E-state index in [9.17, 15) is 14.4 Å².